The minimum atomic E-state index is 0.524. The van der Waals surface area contributed by atoms with E-state index in [4.69, 9.17) is 4.74 Å². The highest BCUT2D eigenvalue weighted by molar-refractivity contribution is 4.90. The minimum Gasteiger partial charge on any atom is -0.380 e. The van der Waals surface area contributed by atoms with E-state index in [-0.39, 0.29) is 0 Å². The molecule has 1 fully saturated rings. The molecule has 1 saturated carbocycles. The van der Waals surface area contributed by atoms with Crippen LogP contribution < -0.4 is 5.32 Å². The molecule has 1 N–H and O–H groups in total. The van der Waals surface area contributed by atoms with Gasteiger partial charge in [-0.15, -0.1) is 0 Å². The first-order valence-corrected chi connectivity index (χ1v) is 6.72. The first-order chi connectivity index (χ1) is 7.41. The predicted octanol–water partition coefficient (Wildman–Crippen LogP) is 3.07. The van der Waals surface area contributed by atoms with Gasteiger partial charge in [0.25, 0.3) is 0 Å². The Morgan fingerprint density at radius 2 is 2.00 bits per heavy atom. The summed E-state index contributed by atoms with van der Waals surface area (Å²) in [5.74, 6) is 1.45. The van der Waals surface area contributed by atoms with Gasteiger partial charge in [-0.3, -0.25) is 0 Å². The third-order valence-corrected chi connectivity index (χ3v) is 3.44. The molecule has 2 unspecified atom stereocenters. The molecule has 1 aliphatic carbocycles. The van der Waals surface area contributed by atoms with E-state index in [0.717, 1.165) is 25.7 Å². The normalized spacial score (nSPS) is 28.9. The van der Waals surface area contributed by atoms with E-state index in [9.17, 15) is 0 Å². The van der Waals surface area contributed by atoms with Gasteiger partial charge >= 0.3 is 0 Å². The SMILES string of the molecule is CC(C)COCCNC1CC(C)(C)CC1C. The summed E-state index contributed by atoms with van der Waals surface area (Å²) in [4.78, 5) is 0. The zero-order chi connectivity index (χ0) is 12.2. The van der Waals surface area contributed by atoms with Crippen molar-refractivity contribution in [3.05, 3.63) is 0 Å². The monoisotopic (exact) mass is 227 g/mol. The van der Waals surface area contributed by atoms with Crippen molar-refractivity contribution in [3.63, 3.8) is 0 Å². The number of nitrogens with one attached hydrogen (secondary N) is 1. The average Bonchev–Trinajstić information content (AvgIpc) is 2.38. The van der Waals surface area contributed by atoms with Crippen LogP contribution in [0.3, 0.4) is 0 Å². The van der Waals surface area contributed by atoms with Crippen molar-refractivity contribution in [2.24, 2.45) is 17.3 Å². The molecule has 0 aromatic rings. The summed E-state index contributed by atoms with van der Waals surface area (Å²) in [5.41, 5.74) is 0.524. The van der Waals surface area contributed by atoms with E-state index in [2.05, 4.69) is 39.9 Å². The van der Waals surface area contributed by atoms with Crippen molar-refractivity contribution in [3.8, 4) is 0 Å². The Morgan fingerprint density at radius 3 is 2.50 bits per heavy atom. The van der Waals surface area contributed by atoms with Crippen LogP contribution in [0.25, 0.3) is 0 Å². The van der Waals surface area contributed by atoms with Gasteiger partial charge in [-0.25, -0.2) is 0 Å². The quantitative estimate of drug-likeness (QED) is 0.704. The van der Waals surface area contributed by atoms with Crippen LogP contribution in [-0.2, 0) is 4.74 Å². The highest BCUT2D eigenvalue weighted by Gasteiger charge is 2.35. The summed E-state index contributed by atoms with van der Waals surface area (Å²) in [5, 5.41) is 3.64. The fraction of sp³-hybridized carbons (Fsp3) is 1.00. The number of hydrogen-bond donors (Lipinski definition) is 1. The zero-order valence-electron chi connectivity index (χ0n) is 11.7. The Balaban J connectivity index is 2.10. The maximum absolute atomic E-state index is 5.58. The van der Waals surface area contributed by atoms with Gasteiger partial charge in [0.05, 0.1) is 6.61 Å². The van der Waals surface area contributed by atoms with Gasteiger partial charge in [0.2, 0.25) is 0 Å². The largest absolute Gasteiger partial charge is 0.380 e. The molecule has 2 atom stereocenters. The highest BCUT2D eigenvalue weighted by atomic mass is 16.5. The van der Waals surface area contributed by atoms with Crippen molar-refractivity contribution >= 4 is 0 Å². The molecule has 0 radical (unpaired) electrons. The fourth-order valence-electron chi connectivity index (χ4n) is 2.80. The third kappa shape index (κ3) is 4.84. The van der Waals surface area contributed by atoms with Gasteiger partial charge in [-0.05, 0) is 30.1 Å². The molecule has 0 amide bonds. The molecule has 0 bridgehead atoms. The van der Waals surface area contributed by atoms with Crippen molar-refractivity contribution in [2.75, 3.05) is 19.8 Å². The second-order valence-corrected chi connectivity index (χ2v) is 6.58. The van der Waals surface area contributed by atoms with Crippen molar-refractivity contribution < 1.29 is 4.74 Å². The first kappa shape index (κ1) is 14.0. The zero-order valence-corrected chi connectivity index (χ0v) is 11.7. The minimum absolute atomic E-state index is 0.524. The van der Waals surface area contributed by atoms with Crippen LogP contribution in [0, 0.1) is 17.3 Å². The van der Waals surface area contributed by atoms with E-state index >= 15 is 0 Å². The molecule has 2 heteroatoms. The van der Waals surface area contributed by atoms with E-state index < -0.39 is 0 Å². The van der Waals surface area contributed by atoms with E-state index in [1.54, 1.807) is 0 Å². The van der Waals surface area contributed by atoms with Gasteiger partial charge in [-0.1, -0.05) is 34.6 Å². The molecular formula is C14H29NO. The summed E-state index contributed by atoms with van der Waals surface area (Å²) in [6.07, 6.45) is 2.65. The maximum Gasteiger partial charge on any atom is 0.0591 e. The van der Waals surface area contributed by atoms with Crippen LogP contribution in [0.15, 0.2) is 0 Å². The first-order valence-electron chi connectivity index (χ1n) is 6.72. The molecule has 96 valence electrons. The van der Waals surface area contributed by atoms with Crippen LogP contribution >= 0.6 is 0 Å². The molecule has 0 spiro atoms. The second-order valence-electron chi connectivity index (χ2n) is 6.58. The second kappa shape index (κ2) is 6.02. The smallest absolute Gasteiger partial charge is 0.0591 e. The molecule has 0 saturated heterocycles. The lowest BCUT2D eigenvalue weighted by molar-refractivity contribution is 0.109. The Morgan fingerprint density at radius 1 is 1.31 bits per heavy atom. The van der Waals surface area contributed by atoms with Gasteiger partial charge in [-0.2, -0.15) is 0 Å². The van der Waals surface area contributed by atoms with Crippen molar-refractivity contribution in [1.82, 2.24) is 5.32 Å². The summed E-state index contributed by atoms with van der Waals surface area (Å²) in [6.45, 7) is 14.2. The number of rotatable bonds is 6. The Kier molecular flexibility index (Phi) is 5.26. The standard InChI is InChI=1S/C14H29NO/c1-11(2)10-16-7-6-15-13-9-14(4,5)8-12(13)3/h11-13,15H,6-10H2,1-5H3. The summed E-state index contributed by atoms with van der Waals surface area (Å²) in [7, 11) is 0. The van der Waals surface area contributed by atoms with Crippen molar-refractivity contribution in [1.29, 1.82) is 0 Å². The molecule has 2 nitrogen and oxygen atoms in total. The summed E-state index contributed by atoms with van der Waals surface area (Å²) < 4.78 is 5.58. The maximum atomic E-state index is 5.58. The average molecular weight is 227 g/mol. The molecule has 0 aromatic heterocycles. The molecule has 16 heavy (non-hydrogen) atoms. The van der Waals surface area contributed by atoms with Gasteiger partial charge < -0.3 is 10.1 Å². The third-order valence-electron chi connectivity index (χ3n) is 3.44. The van der Waals surface area contributed by atoms with Gasteiger partial charge in [0.1, 0.15) is 0 Å². The summed E-state index contributed by atoms with van der Waals surface area (Å²) >= 11 is 0. The van der Waals surface area contributed by atoms with Gasteiger partial charge in [0, 0.05) is 19.2 Å². The topological polar surface area (TPSA) is 21.3 Å². The van der Waals surface area contributed by atoms with E-state index in [1.165, 1.54) is 12.8 Å². The molecule has 0 heterocycles. The molecule has 0 aliphatic heterocycles. The molecular weight excluding hydrogens is 198 g/mol. The molecule has 1 aliphatic rings. The lowest BCUT2D eigenvalue weighted by Gasteiger charge is -2.18. The van der Waals surface area contributed by atoms with E-state index in [1.807, 2.05) is 0 Å². The van der Waals surface area contributed by atoms with Crippen molar-refractivity contribution in [2.45, 2.75) is 53.5 Å². The lowest BCUT2D eigenvalue weighted by atomic mass is 9.91. The van der Waals surface area contributed by atoms with Crippen LogP contribution in [0.2, 0.25) is 0 Å². The van der Waals surface area contributed by atoms with Crippen LogP contribution in [0.4, 0.5) is 0 Å². The number of hydrogen-bond acceptors (Lipinski definition) is 2. The Labute approximate surface area is 101 Å². The van der Waals surface area contributed by atoms with Crippen LogP contribution in [-0.4, -0.2) is 25.8 Å². The highest BCUT2D eigenvalue weighted by Crippen LogP contribution is 2.40. The van der Waals surface area contributed by atoms with Gasteiger partial charge in [0.15, 0.2) is 0 Å². The molecule has 0 aromatic carbocycles. The van der Waals surface area contributed by atoms with Crippen LogP contribution in [0.5, 0.6) is 0 Å². The molecule has 1 rings (SSSR count). The summed E-state index contributed by atoms with van der Waals surface area (Å²) in [6, 6.07) is 0.692. The lowest BCUT2D eigenvalue weighted by Crippen LogP contribution is -2.34. The fourth-order valence-corrected chi connectivity index (χ4v) is 2.80. The van der Waals surface area contributed by atoms with E-state index in [0.29, 0.717) is 17.4 Å². The predicted molar refractivity (Wildman–Crippen MR) is 69.6 cm³/mol. The Bertz CT molecular complexity index is 201. The number of ether oxygens (including phenoxy) is 1. The van der Waals surface area contributed by atoms with Crippen LogP contribution in [0.1, 0.15) is 47.5 Å². The Hall–Kier alpha value is -0.0800.